The average Bonchev–Trinajstić information content (AvgIpc) is 2.84. The molecule has 1 aromatic heterocycles. The summed E-state index contributed by atoms with van der Waals surface area (Å²) >= 11 is 1.25. The van der Waals surface area contributed by atoms with Gasteiger partial charge in [-0.25, -0.2) is 4.98 Å². The number of carbonyl (C=O) groups is 1. The number of nitrogens with one attached hydrogen (secondary N) is 1. The van der Waals surface area contributed by atoms with E-state index in [2.05, 4.69) is 5.32 Å². The van der Waals surface area contributed by atoms with E-state index in [1.807, 2.05) is 74.5 Å². The number of fused-ring (bicyclic) bond motifs is 1. The van der Waals surface area contributed by atoms with Crippen molar-refractivity contribution in [3.05, 3.63) is 93.8 Å². The molecule has 0 atom stereocenters. The lowest BCUT2D eigenvalue weighted by Crippen LogP contribution is -2.26. The zero-order valence-electron chi connectivity index (χ0n) is 18.8. The van der Waals surface area contributed by atoms with Gasteiger partial charge in [0, 0.05) is 6.54 Å². The highest BCUT2D eigenvalue weighted by Gasteiger charge is 2.16. The molecule has 0 aliphatic carbocycles. The minimum atomic E-state index is -0.145. The van der Waals surface area contributed by atoms with Crippen molar-refractivity contribution in [1.29, 1.82) is 0 Å². The lowest BCUT2D eigenvalue weighted by atomic mass is 10.1. The molecule has 3 aromatic carbocycles. The zero-order chi connectivity index (χ0) is 23.4. The van der Waals surface area contributed by atoms with E-state index in [0.29, 0.717) is 22.6 Å². The summed E-state index contributed by atoms with van der Waals surface area (Å²) in [4.78, 5) is 30.7. The number of benzene rings is 3. The van der Waals surface area contributed by atoms with E-state index in [9.17, 15) is 9.59 Å². The Morgan fingerprint density at radius 2 is 1.85 bits per heavy atom. The van der Waals surface area contributed by atoms with E-state index in [1.165, 1.54) is 11.8 Å². The van der Waals surface area contributed by atoms with Gasteiger partial charge in [-0.05, 0) is 60.9 Å². The molecule has 0 fully saturated rings. The van der Waals surface area contributed by atoms with Gasteiger partial charge < -0.3 is 10.1 Å². The Hall–Kier alpha value is -3.58. The first kappa shape index (κ1) is 22.6. The summed E-state index contributed by atoms with van der Waals surface area (Å²) in [6.07, 6.45) is 0. The van der Waals surface area contributed by atoms with Gasteiger partial charge in [0.2, 0.25) is 5.91 Å². The van der Waals surface area contributed by atoms with Crippen LogP contribution >= 0.6 is 11.8 Å². The predicted octanol–water partition coefficient (Wildman–Crippen LogP) is 4.42. The largest absolute Gasteiger partial charge is 0.497 e. The van der Waals surface area contributed by atoms with E-state index in [1.54, 1.807) is 17.7 Å². The van der Waals surface area contributed by atoms with E-state index in [-0.39, 0.29) is 17.2 Å². The number of rotatable bonds is 7. The van der Waals surface area contributed by atoms with Crippen LogP contribution in [0.3, 0.4) is 0 Å². The molecule has 168 valence electrons. The number of aromatic nitrogens is 2. The number of methoxy groups -OCH3 is 1. The van der Waals surface area contributed by atoms with E-state index in [0.717, 1.165) is 28.1 Å². The number of hydrogen-bond acceptors (Lipinski definition) is 5. The summed E-state index contributed by atoms with van der Waals surface area (Å²) in [5.74, 6) is 0.742. The standard InChI is InChI=1S/C26H25N3O3S/c1-17-8-6-13-23(18(17)2)29-25(31)21-11-4-5-12-22(21)28-26(29)33-16-24(30)27-15-19-9-7-10-20(14-19)32-3/h4-14H,15-16H2,1-3H3,(H,27,30). The lowest BCUT2D eigenvalue weighted by Gasteiger charge is -2.16. The molecule has 0 spiro atoms. The molecule has 6 nitrogen and oxygen atoms in total. The van der Waals surface area contributed by atoms with Crippen LogP contribution in [0.2, 0.25) is 0 Å². The number of aryl methyl sites for hydroxylation is 1. The Morgan fingerprint density at radius 1 is 1.06 bits per heavy atom. The van der Waals surface area contributed by atoms with Crippen LogP contribution in [0.15, 0.2) is 76.7 Å². The van der Waals surface area contributed by atoms with Gasteiger partial charge in [-0.1, -0.05) is 48.2 Å². The Bertz CT molecular complexity index is 1380. The van der Waals surface area contributed by atoms with Gasteiger partial charge in [0.25, 0.3) is 5.56 Å². The Kier molecular flexibility index (Phi) is 6.79. The minimum absolute atomic E-state index is 0.139. The van der Waals surface area contributed by atoms with Crippen LogP contribution in [-0.2, 0) is 11.3 Å². The van der Waals surface area contributed by atoms with Gasteiger partial charge in [0.1, 0.15) is 5.75 Å². The summed E-state index contributed by atoms with van der Waals surface area (Å²) in [6.45, 7) is 4.39. The van der Waals surface area contributed by atoms with Gasteiger partial charge in [-0.15, -0.1) is 0 Å². The smallest absolute Gasteiger partial charge is 0.266 e. The third-order valence-corrected chi connectivity index (χ3v) is 6.46. The van der Waals surface area contributed by atoms with Gasteiger partial charge in [0.15, 0.2) is 5.16 Å². The highest BCUT2D eigenvalue weighted by Crippen LogP contribution is 2.24. The molecule has 33 heavy (non-hydrogen) atoms. The topological polar surface area (TPSA) is 73.2 Å². The van der Waals surface area contributed by atoms with Crippen LogP contribution in [0.5, 0.6) is 5.75 Å². The molecule has 4 rings (SSSR count). The van der Waals surface area contributed by atoms with E-state index in [4.69, 9.17) is 9.72 Å². The van der Waals surface area contributed by atoms with Crippen molar-refractivity contribution in [1.82, 2.24) is 14.9 Å². The molecule has 0 unspecified atom stereocenters. The molecule has 1 amide bonds. The van der Waals surface area contributed by atoms with Crippen LogP contribution < -0.4 is 15.6 Å². The Balaban J connectivity index is 1.61. The van der Waals surface area contributed by atoms with E-state index >= 15 is 0 Å². The van der Waals surface area contributed by atoms with Crippen LogP contribution in [0.4, 0.5) is 0 Å². The van der Waals surface area contributed by atoms with Crippen LogP contribution in [0.25, 0.3) is 16.6 Å². The van der Waals surface area contributed by atoms with Crippen molar-refractivity contribution < 1.29 is 9.53 Å². The second-order valence-corrected chi connectivity index (χ2v) is 8.63. The summed E-state index contributed by atoms with van der Waals surface area (Å²) in [5.41, 5.74) is 4.28. The van der Waals surface area contributed by atoms with Crippen molar-refractivity contribution >= 4 is 28.6 Å². The van der Waals surface area contributed by atoms with Crippen molar-refractivity contribution in [2.24, 2.45) is 0 Å². The van der Waals surface area contributed by atoms with Crippen molar-refractivity contribution in [3.63, 3.8) is 0 Å². The molecule has 0 saturated carbocycles. The second-order valence-electron chi connectivity index (χ2n) is 7.69. The molecule has 1 N–H and O–H groups in total. The molecular formula is C26H25N3O3S. The second kappa shape index (κ2) is 9.92. The predicted molar refractivity (Wildman–Crippen MR) is 132 cm³/mol. The lowest BCUT2D eigenvalue weighted by molar-refractivity contribution is -0.118. The quantitative estimate of drug-likeness (QED) is 0.327. The van der Waals surface area contributed by atoms with Gasteiger partial charge >= 0.3 is 0 Å². The van der Waals surface area contributed by atoms with Gasteiger partial charge in [-0.2, -0.15) is 0 Å². The SMILES string of the molecule is COc1cccc(CNC(=O)CSc2nc3ccccc3c(=O)n2-c2cccc(C)c2C)c1. The monoisotopic (exact) mass is 459 g/mol. The number of hydrogen-bond donors (Lipinski definition) is 1. The zero-order valence-corrected chi connectivity index (χ0v) is 19.6. The van der Waals surface area contributed by atoms with Gasteiger partial charge in [-0.3, -0.25) is 14.2 Å². The van der Waals surface area contributed by atoms with Crippen molar-refractivity contribution in [2.75, 3.05) is 12.9 Å². The fourth-order valence-electron chi connectivity index (χ4n) is 3.56. The first-order valence-electron chi connectivity index (χ1n) is 10.6. The Morgan fingerprint density at radius 3 is 2.67 bits per heavy atom. The van der Waals surface area contributed by atoms with Crippen LogP contribution in [0.1, 0.15) is 16.7 Å². The third kappa shape index (κ3) is 4.93. The van der Waals surface area contributed by atoms with Crippen molar-refractivity contribution in [2.45, 2.75) is 25.5 Å². The molecule has 0 radical (unpaired) electrons. The van der Waals surface area contributed by atoms with Crippen LogP contribution in [-0.4, -0.2) is 28.3 Å². The van der Waals surface area contributed by atoms with Gasteiger partial charge in [0.05, 0.1) is 29.5 Å². The molecule has 4 aromatic rings. The van der Waals surface area contributed by atoms with Crippen molar-refractivity contribution in [3.8, 4) is 11.4 Å². The third-order valence-electron chi connectivity index (χ3n) is 5.52. The molecule has 0 bridgehead atoms. The number of ether oxygens (including phenoxy) is 1. The summed E-state index contributed by atoms with van der Waals surface area (Å²) in [6, 6.07) is 20.7. The molecule has 1 heterocycles. The molecule has 7 heteroatoms. The number of para-hydroxylation sites is 1. The fraction of sp³-hybridized carbons (Fsp3) is 0.192. The molecule has 0 aliphatic heterocycles. The number of amides is 1. The maximum atomic E-state index is 13.4. The van der Waals surface area contributed by atoms with E-state index < -0.39 is 0 Å². The maximum Gasteiger partial charge on any atom is 0.266 e. The molecule has 0 saturated heterocycles. The molecule has 0 aliphatic rings. The Labute approximate surface area is 196 Å². The average molecular weight is 460 g/mol. The highest BCUT2D eigenvalue weighted by molar-refractivity contribution is 7.99. The summed E-state index contributed by atoms with van der Waals surface area (Å²) in [5, 5.41) is 3.96. The first-order chi connectivity index (χ1) is 16.0. The molecular weight excluding hydrogens is 434 g/mol. The number of thioether (sulfide) groups is 1. The highest BCUT2D eigenvalue weighted by atomic mass is 32.2. The number of nitrogens with zero attached hydrogens (tertiary/aromatic N) is 2. The first-order valence-corrected chi connectivity index (χ1v) is 11.6. The maximum absolute atomic E-state index is 13.4. The minimum Gasteiger partial charge on any atom is -0.497 e. The summed E-state index contributed by atoms with van der Waals surface area (Å²) in [7, 11) is 1.61. The summed E-state index contributed by atoms with van der Waals surface area (Å²) < 4.78 is 6.84. The van der Waals surface area contributed by atoms with Crippen LogP contribution in [0, 0.1) is 13.8 Å². The fourth-order valence-corrected chi connectivity index (χ4v) is 4.40. The normalized spacial score (nSPS) is 10.9. The number of carbonyl (C=O) groups excluding carboxylic acids is 1.